The zero-order valence-electron chi connectivity index (χ0n) is 17.1. The summed E-state index contributed by atoms with van der Waals surface area (Å²) in [5.41, 5.74) is 1.71. The first-order valence-corrected chi connectivity index (χ1v) is 9.58. The number of furan rings is 1. The van der Waals surface area contributed by atoms with Gasteiger partial charge >= 0.3 is 6.03 Å². The minimum Gasteiger partial charge on any atom is -0.457 e. The number of barbiturate groups is 1. The monoisotopic (exact) mass is 431 g/mol. The fraction of sp³-hybridized carbons (Fsp3) is 0.0870. The lowest BCUT2D eigenvalue weighted by atomic mass is 10.1. The molecule has 0 aliphatic carbocycles. The molecular weight excluding hydrogens is 414 g/mol. The van der Waals surface area contributed by atoms with E-state index in [1.54, 1.807) is 56.3 Å². The number of nitrogens with zero attached hydrogens (tertiary/aromatic N) is 2. The molecular formula is C23H17N3O6. The van der Waals surface area contributed by atoms with Crippen molar-refractivity contribution < 1.29 is 23.7 Å². The van der Waals surface area contributed by atoms with E-state index >= 15 is 0 Å². The van der Waals surface area contributed by atoms with Crippen LogP contribution in [-0.2, 0) is 9.59 Å². The molecule has 32 heavy (non-hydrogen) atoms. The number of nitro groups is 1. The Kier molecular flexibility index (Phi) is 5.15. The first-order valence-electron chi connectivity index (χ1n) is 9.58. The fourth-order valence-electron chi connectivity index (χ4n) is 3.38. The first kappa shape index (κ1) is 20.7. The largest absolute Gasteiger partial charge is 0.457 e. The van der Waals surface area contributed by atoms with Gasteiger partial charge in [-0.2, -0.15) is 0 Å². The maximum Gasteiger partial charge on any atom is 0.335 e. The molecule has 1 aliphatic rings. The fourth-order valence-corrected chi connectivity index (χ4v) is 3.38. The number of imide groups is 2. The van der Waals surface area contributed by atoms with Crippen molar-refractivity contribution in [2.45, 2.75) is 13.8 Å². The van der Waals surface area contributed by atoms with Gasteiger partial charge in [-0.1, -0.05) is 30.3 Å². The topological polar surface area (TPSA) is 123 Å². The number of nitro benzene ring substituents is 1. The smallest absolute Gasteiger partial charge is 0.335 e. The van der Waals surface area contributed by atoms with E-state index < -0.39 is 22.8 Å². The summed E-state index contributed by atoms with van der Waals surface area (Å²) in [7, 11) is 0. The quantitative estimate of drug-likeness (QED) is 0.287. The zero-order valence-corrected chi connectivity index (χ0v) is 17.1. The summed E-state index contributed by atoms with van der Waals surface area (Å²) in [6.45, 7) is 3.38. The van der Waals surface area contributed by atoms with E-state index in [4.69, 9.17) is 4.42 Å². The molecule has 1 aromatic heterocycles. The van der Waals surface area contributed by atoms with E-state index in [2.05, 4.69) is 5.32 Å². The number of amides is 4. The highest BCUT2D eigenvalue weighted by atomic mass is 16.6. The summed E-state index contributed by atoms with van der Waals surface area (Å²) in [5.74, 6) is -1.11. The standard InChI is InChI=1S/C23H17N3O6/c1-13-5-3-4-6-18(13)25-22(28)17(21(27)24-23(25)29)12-16-9-10-20(32-16)15-8-7-14(2)19(11-15)26(30)31/h3-12H,1-2H3,(H,24,27,29)/b17-12+. The molecule has 1 fully saturated rings. The Morgan fingerprint density at radius 2 is 1.75 bits per heavy atom. The van der Waals surface area contributed by atoms with E-state index in [-0.39, 0.29) is 17.0 Å². The first-order chi connectivity index (χ1) is 15.3. The molecule has 1 saturated heterocycles. The van der Waals surface area contributed by atoms with Crippen LogP contribution >= 0.6 is 0 Å². The van der Waals surface area contributed by atoms with Crippen molar-refractivity contribution in [1.82, 2.24) is 5.32 Å². The number of anilines is 1. The van der Waals surface area contributed by atoms with Crippen molar-refractivity contribution in [3.63, 3.8) is 0 Å². The third-order valence-electron chi connectivity index (χ3n) is 5.06. The van der Waals surface area contributed by atoms with Gasteiger partial charge in [0.25, 0.3) is 17.5 Å². The van der Waals surface area contributed by atoms with Crippen molar-refractivity contribution >= 4 is 35.3 Å². The number of rotatable bonds is 4. The van der Waals surface area contributed by atoms with Gasteiger partial charge in [-0.15, -0.1) is 0 Å². The molecule has 3 aromatic rings. The lowest BCUT2D eigenvalue weighted by Crippen LogP contribution is -2.54. The Balaban J connectivity index is 1.69. The Hall–Kier alpha value is -4.53. The number of hydrogen-bond donors (Lipinski definition) is 1. The van der Waals surface area contributed by atoms with E-state index in [1.165, 1.54) is 18.2 Å². The molecule has 0 saturated carbocycles. The van der Waals surface area contributed by atoms with Crippen LogP contribution in [-0.4, -0.2) is 22.8 Å². The molecule has 0 bridgehead atoms. The van der Waals surface area contributed by atoms with Gasteiger partial charge in [0.1, 0.15) is 17.1 Å². The molecule has 1 N–H and O–H groups in total. The van der Waals surface area contributed by atoms with Crippen LogP contribution in [0.4, 0.5) is 16.2 Å². The van der Waals surface area contributed by atoms with E-state index in [9.17, 15) is 24.5 Å². The van der Waals surface area contributed by atoms with Crippen LogP contribution in [0.3, 0.4) is 0 Å². The molecule has 9 nitrogen and oxygen atoms in total. The SMILES string of the molecule is Cc1ccccc1N1C(=O)NC(=O)/C(=C\c2ccc(-c3ccc(C)c([N+](=O)[O-])c3)o2)C1=O. The number of benzene rings is 2. The summed E-state index contributed by atoms with van der Waals surface area (Å²) < 4.78 is 5.70. The Labute approximate surface area is 182 Å². The van der Waals surface area contributed by atoms with Crippen molar-refractivity contribution in [3.05, 3.63) is 87.2 Å². The normalized spacial score (nSPS) is 15.2. The summed E-state index contributed by atoms with van der Waals surface area (Å²) >= 11 is 0. The Morgan fingerprint density at radius 1 is 1.00 bits per heavy atom. The second-order valence-electron chi connectivity index (χ2n) is 7.20. The molecule has 0 spiro atoms. The van der Waals surface area contributed by atoms with E-state index in [1.807, 2.05) is 0 Å². The van der Waals surface area contributed by atoms with Crippen LogP contribution in [0.5, 0.6) is 0 Å². The average molecular weight is 431 g/mol. The van der Waals surface area contributed by atoms with Crippen LogP contribution in [0.1, 0.15) is 16.9 Å². The molecule has 2 aromatic carbocycles. The summed E-state index contributed by atoms with van der Waals surface area (Å²) in [6.07, 6.45) is 1.24. The second-order valence-corrected chi connectivity index (χ2v) is 7.20. The maximum absolute atomic E-state index is 13.0. The Morgan fingerprint density at radius 3 is 2.47 bits per heavy atom. The van der Waals surface area contributed by atoms with E-state index in [0.717, 1.165) is 4.90 Å². The Bertz CT molecular complexity index is 1320. The maximum atomic E-state index is 13.0. The molecule has 9 heteroatoms. The summed E-state index contributed by atoms with van der Waals surface area (Å²) in [6, 6.07) is 13.8. The molecule has 0 atom stereocenters. The average Bonchev–Trinajstić information content (AvgIpc) is 3.21. The van der Waals surface area contributed by atoms with Gasteiger partial charge in [0.2, 0.25) is 0 Å². The molecule has 160 valence electrons. The number of para-hydroxylation sites is 1. The van der Waals surface area contributed by atoms with Crippen LogP contribution < -0.4 is 10.2 Å². The van der Waals surface area contributed by atoms with Crippen molar-refractivity contribution in [1.29, 1.82) is 0 Å². The number of nitrogens with one attached hydrogen (secondary N) is 1. The zero-order chi connectivity index (χ0) is 23.0. The summed E-state index contributed by atoms with van der Waals surface area (Å²) in [5, 5.41) is 13.4. The minimum atomic E-state index is -0.839. The van der Waals surface area contributed by atoms with E-state index in [0.29, 0.717) is 28.1 Å². The van der Waals surface area contributed by atoms with Gasteiger partial charge in [0, 0.05) is 17.2 Å². The van der Waals surface area contributed by atoms with Crippen LogP contribution in [0.25, 0.3) is 17.4 Å². The number of carbonyl (C=O) groups is 3. The summed E-state index contributed by atoms with van der Waals surface area (Å²) in [4.78, 5) is 49.3. The third kappa shape index (κ3) is 3.67. The molecule has 4 amide bonds. The highest BCUT2D eigenvalue weighted by molar-refractivity contribution is 6.39. The minimum absolute atomic E-state index is 0.0481. The van der Waals surface area contributed by atoms with Crippen LogP contribution in [0, 0.1) is 24.0 Å². The van der Waals surface area contributed by atoms with Crippen molar-refractivity contribution in [3.8, 4) is 11.3 Å². The molecule has 4 rings (SSSR count). The third-order valence-corrected chi connectivity index (χ3v) is 5.06. The molecule has 0 radical (unpaired) electrons. The lowest BCUT2D eigenvalue weighted by Gasteiger charge is -2.27. The highest BCUT2D eigenvalue weighted by Gasteiger charge is 2.37. The van der Waals surface area contributed by atoms with Crippen molar-refractivity contribution in [2.75, 3.05) is 4.90 Å². The predicted octanol–water partition coefficient (Wildman–Crippen LogP) is 4.14. The lowest BCUT2D eigenvalue weighted by molar-refractivity contribution is -0.385. The highest BCUT2D eigenvalue weighted by Crippen LogP contribution is 2.30. The van der Waals surface area contributed by atoms with Gasteiger partial charge in [0.05, 0.1) is 10.6 Å². The molecule has 0 unspecified atom stereocenters. The predicted molar refractivity (Wildman–Crippen MR) is 116 cm³/mol. The molecule has 2 heterocycles. The van der Waals surface area contributed by atoms with Crippen LogP contribution in [0.2, 0.25) is 0 Å². The second kappa shape index (κ2) is 7.95. The van der Waals surface area contributed by atoms with Gasteiger partial charge < -0.3 is 4.42 Å². The number of aryl methyl sites for hydroxylation is 2. The number of carbonyl (C=O) groups excluding carboxylic acids is 3. The van der Waals surface area contributed by atoms with Gasteiger partial charge in [-0.05, 0) is 43.7 Å². The van der Waals surface area contributed by atoms with Gasteiger partial charge in [-0.3, -0.25) is 25.0 Å². The van der Waals surface area contributed by atoms with Gasteiger partial charge in [0.15, 0.2) is 0 Å². The van der Waals surface area contributed by atoms with Gasteiger partial charge in [-0.25, -0.2) is 9.69 Å². The van der Waals surface area contributed by atoms with Crippen molar-refractivity contribution in [2.24, 2.45) is 0 Å². The van der Waals surface area contributed by atoms with Crippen LogP contribution in [0.15, 0.2) is 64.6 Å². The molecule has 1 aliphatic heterocycles. The number of urea groups is 1. The number of hydrogen-bond acceptors (Lipinski definition) is 6.